The van der Waals surface area contributed by atoms with Crippen molar-refractivity contribution in [1.82, 2.24) is 10.3 Å². The number of hydrogen-bond acceptors (Lipinski definition) is 5. The van der Waals surface area contributed by atoms with Crippen LogP contribution < -0.4 is 10.4 Å². The Hall–Kier alpha value is -3.45. The van der Waals surface area contributed by atoms with Crippen LogP contribution in [0.15, 0.2) is 66.9 Å². The second-order valence-corrected chi connectivity index (χ2v) is 6.21. The van der Waals surface area contributed by atoms with Crippen molar-refractivity contribution in [1.29, 1.82) is 0 Å². The van der Waals surface area contributed by atoms with Crippen molar-refractivity contribution in [2.24, 2.45) is 0 Å². The van der Waals surface area contributed by atoms with Gasteiger partial charge in [0.2, 0.25) is 12.2 Å². The number of allylic oxidation sites excluding steroid dienone is 1. The summed E-state index contributed by atoms with van der Waals surface area (Å²) in [6.07, 6.45) is 0.544. The fourth-order valence-corrected chi connectivity index (χ4v) is 2.83. The van der Waals surface area contributed by atoms with Crippen LogP contribution in [0.4, 0.5) is 5.69 Å². The first kappa shape index (κ1) is 19.3. The summed E-state index contributed by atoms with van der Waals surface area (Å²) in [5, 5.41) is 1.15. The molecule has 0 unspecified atom stereocenters. The third-order valence-corrected chi connectivity index (χ3v) is 4.36. The highest BCUT2D eigenvalue weighted by Gasteiger charge is 2.19. The highest BCUT2D eigenvalue weighted by atomic mass is 16.5. The Kier molecular flexibility index (Phi) is 6.18. The predicted molar refractivity (Wildman–Crippen MR) is 105 cm³/mol. The molecule has 3 rings (SSSR count). The van der Waals surface area contributed by atoms with Gasteiger partial charge in [0.15, 0.2) is 0 Å². The maximum absolute atomic E-state index is 12.5. The van der Waals surface area contributed by atoms with Gasteiger partial charge < -0.3 is 9.64 Å². The van der Waals surface area contributed by atoms with Crippen LogP contribution in [0.1, 0.15) is 20.7 Å². The normalized spacial score (nSPS) is 13.5. The molecule has 0 saturated carbocycles. The molecule has 144 valence electrons. The summed E-state index contributed by atoms with van der Waals surface area (Å²) < 4.78 is 5.26. The van der Waals surface area contributed by atoms with E-state index in [2.05, 4.69) is 12.0 Å². The van der Waals surface area contributed by atoms with E-state index >= 15 is 0 Å². The van der Waals surface area contributed by atoms with Crippen LogP contribution in [0.3, 0.4) is 0 Å². The molecule has 1 fully saturated rings. The van der Waals surface area contributed by atoms with Gasteiger partial charge in [-0.05, 0) is 24.3 Å². The number of carbonyl (C=O) groups is 3. The molecule has 1 aliphatic heterocycles. The van der Waals surface area contributed by atoms with Gasteiger partial charge in [0.25, 0.3) is 5.91 Å². The number of carbonyl (C=O) groups excluding carboxylic acids is 3. The lowest BCUT2D eigenvalue weighted by Crippen LogP contribution is -2.40. The van der Waals surface area contributed by atoms with Gasteiger partial charge in [-0.2, -0.15) is 0 Å². The van der Waals surface area contributed by atoms with E-state index in [4.69, 9.17) is 4.74 Å². The molecule has 1 heterocycles. The number of morpholine rings is 1. The molecule has 2 aromatic rings. The predicted octanol–water partition coefficient (Wildman–Crippen LogP) is 2.02. The number of hydrogen-bond donors (Lipinski definition) is 1. The Balaban J connectivity index is 1.67. The molecular formula is C21H21N3O4. The van der Waals surface area contributed by atoms with Crippen LogP contribution in [0, 0.1) is 0 Å². The zero-order valence-corrected chi connectivity index (χ0v) is 15.3. The van der Waals surface area contributed by atoms with E-state index in [9.17, 15) is 14.4 Å². The number of hydrazine groups is 1. The molecule has 0 aliphatic carbocycles. The standard InChI is InChI=1S/C21H21N3O4/c1-16(20(26)17-5-3-2-4-6-17)22-24(15-25)19-9-7-18(8-10-19)21(27)23-11-13-28-14-12-23/h2-10,15,22H,1,11-14H2. The number of benzene rings is 2. The van der Waals surface area contributed by atoms with Crippen molar-refractivity contribution >= 4 is 23.8 Å². The molecule has 0 bridgehead atoms. The first-order valence-corrected chi connectivity index (χ1v) is 8.87. The zero-order chi connectivity index (χ0) is 19.9. The molecule has 7 heteroatoms. The van der Waals surface area contributed by atoms with Crippen molar-refractivity contribution in [3.63, 3.8) is 0 Å². The van der Waals surface area contributed by atoms with Gasteiger partial charge >= 0.3 is 0 Å². The second-order valence-electron chi connectivity index (χ2n) is 6.21. The van der Waals surface area contributed by atoms with E-state index < -0.39 is 0 Å². The minimum absolute atomic E-state index is 0.0618. The molecule has 0 spiro atoms. The van der Waals surface area contributed by atoms with Crippen LogP contribution in [0.5, 0.6) is 0 Å². The topological polar surface area (TPSA) is 79.0 Å². The smallest absolute Gasteiger partial charge is 0.254 e. The Bertz CT molecular complexity index is 859. The Labute approximate surface area is 163 Å². The molecule has 1 aliphatic rings. The van der Waals surface area contributed by atoms with E-state index in [-0.39, 0.29) is 17.4 Å². The Morgan fingerprint density at radius 3 is 2.25 bits per heavy atom. The van der Waals surface area contributed by atoms with E-state index in [0.29, 0.717) is 49.5 Å². The molecular weight excluding hydrogens is 358 g/mol. The summed E-state index contributed by atoms with van der Waals surface area (Å²) >= 11 is 0. The van der Waals surface area contributed by atoms with Crippen LogP contribution >= 0.6 is 0 Å². The highest BCUT2D eigenvalue weighted by Crippen LogP contribution is 2.16. The largest absolute Gasteiger partial charge is 0.378 e. The number of Topliss-reactive ketones (excluding diaryl/α,β-unsaturated/α-hetero) is 1. The molecule has 1 N–H and O–H groups in total. The maximum Gasteiger partial charge on any atom is 0.254 e. The Morgan fingerprint density at radius 1 is 1.00 bits per heavy atom. The number of ketones is 1. The molecule has 0 radical (unpaired) electrons. The average Bonchev–Trinajstić information content (AvgIpc) is 2.77. The summed E-state index contributed by atoms with van der Waals surface area (Å²) in [4.78, 5) is 38.1. The van der Waals surface area contributed by atoms with E-state index in [1.165, 1.54) is 0 Å². The van der Waals surface area contributed by atoms with Crippen molar-refractivity contribution in [2.45, 2.75) is 0 Å². The first-order valence-electron chi connectivity index (χ1n) is 8.87. The molecule has 0 atom stereocenters. The maximum atomic E-state index is 12.5. The number of nitrogens with zero attached hydrogens (tertiary/aromatic N) is 2. The monoisotopic (exact) mass is 379 g/mol. The second kappa shape index (κ2) is 8.96. The minimum Gasteiger partial charge on any atom is -0.378 e. The SMILES string of the molecule is C=C(NN(C=O)c1ccc(C(=O)N2CCOCC2)cc1)C(=O)c1ccccc1. The number of anilines is 1. The molecule has 0 aromatic heterocycles. The van der Waals surface area contributed by atoms with Crippen LogP contribution in [0.25, 0.3) is 0 Å². The quantitative estimate of drug-likeness (QED) is 0.345. The average molecular weight is 379 g/mol. The number of amides is 2. The van der Waals surface area contributed by atoms with Crippen LogP contribution in [-0.2, 0) is 9.53 Å². The first-order chi connectivity index (χ1) is 13.6. The number of nitrogens with one attached hydrogen (secondary N) is 1. The molecule has 2 aromatic carbocycles. The molecule has 7 nitrogen and oxygen atoms in total. The molecule has 1 saturated heterocycles. The van der Waals surface area contributed by atoms with Crippen molar-refractivity contribution < 1.29 is 19.1 Å². The van der Waals surface area contributed by atoms with Gasteiger partial charge in [0.05, 0.1) is 24.6 Å². The highest BCUT2D eigenvalue weighted by molar-refractivity contribution is 6.08. The van der Waals surface area contributed by atoms with E-state index in [1.54, 1.807) is 53.4 Å². The molecule has 28 heavy (non-hydrogen) atoms. The third kappa shape index (κ3) is 4.44. The van der Waals surface area contributed by atoms with Gasteiger partial charge in [0, 0.05) is 24.2 Å². The minimum atomic E-state index is -0.313. The van der Waals surface area contributed by atoms with Crippen molar-refractivity contribution in [3.8, 4) is 0 Å². The lowest BCUT2D eigenvalue weighted by molar-refractivity contribution is -0.107. The Morgan fingerprint density at radius 2 is 1.64 bits per heavy atom. The summed E-state index contributed by atoms with van der Waals surface area (Å²) in [5.41, 5.74) is 4.24. The van der Waals surface area contributed by atoms with Gasteiger partial charge in [0.1, 0.15) is 0 Å². The van der Waals surface area contributed by atoms with E-state index in [1.807, 2.05) is 6.07 Å². The lowest BCUT2D eigenvalue weighted by atomic mass is 10.1. The third-order valence-electron chi connectivity index (χ3n) is 4.36. The van der Waals surface area contributed by atoms with E-state index in [0.717, 1.165) is 5.01 Å². The summed E-state index contributed by atoms with van der Waals surface area (Å²) in [7, 11) is 0. The van der Waals surface area contributed by atoms with Crippen LogP contribution in [-0.4, -0.2) is 49.3 Å². The summed E-state index contributed by atoms with van der Waals surface area (Å²) in [6.45, 7) is 5.90. The fourth-order valence-electron chi connectivity index (χ4n) is 2.83. The van der Waals surface area contributed by atoms with Gasteiger partial charge in [-0.3, -0.25) is 19.8 Å². The lowest BCUT2D eigenvalue weighted by Gasteiger charge is -2.27. The van der Waals surface area contributed by atoms with Crippen LogP contribution in [0.2, 0.25) is 0 Å². The van der Waals surface area contributed by atoms with Crippen molar-refractivity contribution in [3.05, 3.63) is 78.0 Å². The van der Waals surface area contributed by atoms with Gasteiger partial charge in [-0.25, -0.2) is 5.01 Å². The number of ether oxygens (including phenoxy) is 1. The summed E-state index contributed by atoms with van der Waals surface area (Å²) in [6, 6.07) is 15.2. The zero-order valence-electron chi connectivity index (χ0n) is 15.3. The van der Waals surface area contributed by atoms with Gasteiger partial charge in [-0.15, -0.1) is 0 Å². The number of rotatable bonds is 7. The molecule has 2 amide bonds. The summed E-state index contributed by atoms with van der Waals surface area (Å²) in [5.74, 6) is -0.393. The van der Waals surface area contributed by atoms with Crippen molar-refractivity contribution in [2.75, 3.05) is 31.3 Å². The van der Waals surface area contributed by atoms with Gasteiger partial charge in [-0.1, -0.05) is 36.9 Å². The fraction of sp³-hybridized carbons (Fsp3) is 0.190.